The van der Waals surface area contributed by atoms with Crippen LogP contribution in [-0.4, -0.2) is 38.4 Å². The van der Waals surface area contributed by atoms with Crippen LogP contribution in [0.2, 0.25) is 0 Å². The third-order valence-electron chi connectivity index (χ3n) is 6.69. The van der Waals surface area contributed by atoms with Crippen molar-refractivity contribution in [2.45, 2.75) is 18.3 Å². The molecule has 3 N–H and O–H groups in total. The van der Waals surface area contributed by atoms with Gasteiger partial charge in [-0.3, -0.25) is 9.59 Å². The highest BCUT2D eigenvalue weighted by molar-refractivity contribution is 6.18. The van der Waals surface area contributed by atoms with E-state index in [4.69, 9.17) is 10.5 Å². The summed E-state index contributed by atoms with van der Waals surface area (Å²) in [4.78, 5) is 37.5. The standard InChI is InChI=1S/C26H18N4O4.C8H11N/c1-34-25(33)20-8-7-18(13-31)22-21(26(14-27,15-28)16-29)10-9-19(23(20)22)24(32)30-12-11-17-5-3-2-4-6-17;9-7-6-8-4-2-1-3-5-8/h2-10,13H,11-12H2,1H3,(H,30,32);1-5H,6-7,9H2. The van der Waals surface area contributed by atoms with E-state index < -0.39 is 17.3 Å². The number of rotatable bonds is 9. The molecule has 0 aliphatic carbocycles. The summed E-state index contributed by atoms with van der Waals surface area (Å²) in [6.45, 7) is 1.04. The van der Waals surface area contributed by atoms with E-state index in [9.17, 15) is 30.2 Å². The molecule has 214 valence electrons. The molecule has 0 aliphatic rings. The van der Waals surface area contributed by atoms with Crippen molar-refractivity contribution in [2.75, 3.05) is 20.2 Å². The Morgan fingerprint density at radius 3 is 1.88 bits per heavy atom. The minimum absolute atomic E-state index is 0.00161. The van der Waals surface area contributed by atoms with Crippen molar-refractivity contribution in [2.24, 2.45) is 5.73 Å². The van der Waals surface area contributed by atoms with Crippen LogP contribution in [0.4, 0.5) is 0 Å². The molecule has 0 spiro atoms. The lowest BCUT2D eigenvalue weighted by molar-refractivity contribution is 0.0602. The van der Waals surface area contributed by atoms with Gasteiger partial charge in [-0.05, 0) is 42.6 Å². The smallest absolute Gasteiger partial charge is 0.338 e. The molecule has 0 saturated carbocycles. The van der Waals surface area contributed by atoms with Crippen LogP contribution in [0.5, 0.6) is 0 Å². The summed E-state index contributed by atoms with van der Waals surface area (Å²) < 4.78 is 4.84. The van der Waals surface area contributed by atoms with Gasteiger partial charge in [-0.25, -0.2) is 4.79 Å². The Bertz CT molecular complexity index is 1700. The van der Waals surface area contributed by atoms with Crippen molar-refractivity contribution < 1.29 is 19.1 Å². The number of benzene rings is 4. The highest BCUT2D eigenvalue weighted by Gasteiger charge is 2.36. The Morgan fingerprint density at radius 2 is 1.37 bits per heavy atom. The molecule has 0 fully saturated rings. The van der Waals surface area contributed by atoms with Crippen LogP contribution >= 0.6 is 0 Å². The Hall–Kier alpha value is -5.82. The average molecular weight is 572 g/mol. The molecule has 4 rings (SSSR count). The van der Waals surface area contributed by atoms with Gasteiger partial charge in [0.25, 0.3) is 11.3 Å². The fourth-order valence-corrected chi connectivity index (χ4v) is 4.53. The number of nitriles is 3. The Kier molecular flexibility index (Phi) is 11.2. The Balaban J connectivity index is 0.000000480. The van der Waals surface area contributed by atoms with Crippen LogP contribution in [-0.2, 0) is 23.0 Å². The normalized spacial score (nSPS) is 10.2. The molecule has 0 unspecified atom stereocenters. The van der Waals surface area contributed by atoms with E-state index >= 15 is 0 Å². The highest BCUT2D eigenvalue weighted by atomic mass is 16.5. The van der Waals surface area contributed by atoms with Crippen molar-refractivity contribution >= 4 is 28.9 Å². The number of methoxy groups -OCH3 is 1. The number of fused-ring (bicyclic) bond motifs is 1. The van der Waals surface area contributed by atoms with Crippen molar-refractivity contribution in [3.63, 3.8) is 0 Å². The van der Waals surface area contributed by atoms with Gasteiger partial charge in [-0.15, -0.1) is 0 Å². The number of hydrogen-bond acceptors (Lipinski definition) is 8. The minimum Gasteiger partial charge on any atom is -0.465 e. The van der Waals surface area contributed by atoms with Gasteiger partial charge in [-0.2, -0.15) is 15.8 Å². The van der Waals surface area contributed by atoms with Crippen molar-refractivity contribution in [1.82, 2.24) is 5.32 Å². The number of amides is 1. The van der Waals surface area contributed by atoms with Crippen LogP contribution < -0.4 is 11.1 Å². The third-order valence-corrected chi connectivity index (χ3v) is 6.69. The monoisotopic (exact) mass is 571 g/mol. The maximum atomic E-state index is 13.1. The van der Waals surface area contributed by atoms with Crippen LogP contribution in [0.3, 0.4) is 0 Å². The predicted octanol–water partition coefficient (Wildman–Crippen LogP) is 4.41. The molecule has 0 saturated heterocycles. The fraction of sp³-hybridized carbons (Fsp3) is 0.176. The zero-order valence-corrected chi connectivity index (χ0v) is 23.5. The maximum Gasteiger partial charge on any atom is 0.338 e. The van der Waals surface area contributed by atoms with Crippen LogP contribution in [0, 0.1) is 34.0 Å². The number of esters is 1. The molecule has 4 aromatic rings. The second kappa shape index (κ2) is 15.3. The molecule has 0 aromatic heterocycles. The van der Waals surface area contributed by atoms with E-state index in [0.717, 1.165) is 25.6 Å². The molecule has 0 bridgehead atoms. The van der Waals surface area contributed by atoms with Crippen LogP contribution in [0.15, 0.2) is 84.9 Å². The van der Waals surface area contributed by atoms with E-state index in [1.165, 1.54) is 29.8 Å². The van der Waals surface area contributed by atoms with E-state index in [1.54, 1.807) is 18.2 Å². The highest BCUT2D eigenvalue weighted by Crippen LogP contribution is 2.36. The Labute approximate surface area is 249 Å². The van der Waals surface area contributed by atoms with Gasteiger partial charge in [0.2, 0.25) is 0 Å². The van der Waals surface area contributed by atoms with Crippen molar-refractivity contribution in [3.8, 4) is 18.2 Å². The van der Waals surface area contributed by atoms with Gasteiger partial charge in [-0.1, -0.05) is 72.8 Å². The quantitative estimate of drug-likeness (QED) is 0.220. The van der Waals surface area contributed by atoms with Gasteiger partial charge >= 0.3 is 5.97 Å². The molecule has 9 heteroatoms. The second-order valence-corrected chi connectivity index (χ2v) is 9.32. The topological polar surface area (TPSA) is 170 Å². The lowest BCUT2D eigenvalue weighted by Gasteiger charge is -2.19. The summed E-state index contributed by atoms with van der Waals surface area (Å²) in [5.74, 6) is -1.31. The van der Waals surface area contributed by atoms with E-state index in [0.29, 0.717) is 19.3 Å². The summed E-state index contributed by atoms with van der Waals surface area (Å²) in [7, 11) is 1.16. The number of hydrogen-bond donors (Lipinski definition) is 2. The second-order valence-electron chi connectivity index (χ2n) is 9.32. The largest absolute Gasteiger partial charge is 0.465 e. The van der Waals surface area contributed by atoms with Crippen LogP contribution in [0.1, 0.15) is 47.8 Å². The van der Waals surface area contributed by atoms with E-state index in [2.05, 4.69) is 17.4 Å². The summed E-state index contributed by atoms with van der Waals surface area (Å²) >= 11 is 0. The molecule has 0 aliphatic heterocycles. The number of aldehydes is 1. The first-order valence-corrected chi connectivity index (χ1v) is 13.3. The molecule has 43 heavy (non-hydrogen) atoms. The van der Waals surface area contributed by atoms with E-state index in [1.807, 2.05) is 48.5 Å². The maximum absolute atomic E-state index is 13.1. The first-order chi connectivity index (χ1) is 20.9. The van der Waals surface area contributed by atoms with Crippen molar-refractivity contribution in [1.29, 1.82) is 15.8 Å². The summed E-state index contributed by atoms with van der Waals surface area (Å²) in [5, 5.41) is 31.7. The number of ether oxygens (including phenoxy) is 1. The molecular formula is C34H29N5O4. The summed E-state index contributed by atoms with van der Waals surface area (Å²) in [5.41, 5.74) is 5.36. The number of carbonyl (C=O) groups excluding carboxylic acids is 3. The molecule has 0 heterocycles. The van der Waals surface area contributed by atoms with Crippen molar-refractivity contribution in [3.05, 3.63) is 118 Å². The Morgan fingerprint density at radius 1 is 0.814 bits per heavy atom. The summed E-state index contributed by atoms with van der Waals surface area (Å²) in [6.07, 6.45) is 2.02. The summed E-state index contributed by atoms with van der Waals surface area (Å²) in [6, 6.07) is 30.1. The van der Waals surface area contributed by atoms with Gasteiger partial charge in [0.15, 0.2) is 6.29 Å². The van der Waals surface area contributed by atoms with E-state index in [-0.39, 0.29) is 33.0 Å². The lowest BCUT2D eigenvalue weighted by Crippen LogP contribution is -2.27. The fourth-order valence-electron chi connectivity index (χ4n) is 4.53. The minimum atomic E-state index is -2.26. The SMILES string of the molecule is COC(=O)c1ccc(C=O)c2c(C(C#N)(C#N)C#N)ccc(C(=O)NCCc3ccccc3)c12.NCCc1ccccc1. The molecule has 0 atom stereocenters. The number of nitrogens with one attached hydrogen (secondary N) is 1. The number of nitrogens with two attached hydrogens (primary N) is 1. The third kappa shape index (κ3) is 7.28. The van der Waals surface area contributed by atoms with Gasteiger partial charge in [0.05, 0.1) is 12.7 Å². The molecule has 9 nitrogen and oxygen atoms in total. The van der Waals surface area contributed by atoms with Crippen LogP contribution in [0.25, 0.3) is 10.8 Å². The molecule has 0 radical (unpaired) electrons. The molecule has 1 amide bonds. The zero-order chi connectivity index (χ0) is 31.2. The number of carbonyl (C=O) groups is 3. The predicted molar refractivity (Wildman–Crippen MR) is 161 cm³/mol. The van der Waals surface area contributed by atoms with Gasteiger partial charge in [0, 0.05) is 34.0 Å². The first kappa shape index (κ1) is 31.7. The molecular weight excluding hydrogens is 542 g/mol. The molecule has 4 aromatic carbocycles. The van der Waals surface area contributed by atoms with Gasteiger partial charge in [0.1, 0.15) is 18.2 Å². The van der Waals surface area contributed by atoms with Gasteiger partial charge < -0.3 is 15.8 Å². The zero-order valence-electron chi connectivity index (χ0n) is 23.5. The number of nitrogens with zero attached hydrogens (tertiary/aromatic N) is 3. The first-order valence-electron chi connectivity index (χ1n) is 13.3. The lowest BCUT2D eigenvalue weighted by atomic mass is 9.79. The average Bonchev–Trinajstić information content (AvgIpc) is 3.06.